The Morgan fingerprint density at radius 3 is 2.95 bits per heavy atom. The van der Waals surface area contributed by atoms with Gasteiger partial charge in [-0.25, -0.2) is 0 Å². The van der Waals surface area contributed by atoms with Crippen molar-refractivity contribution in [1.29, 1.82) is 0 Å². The van der Waals surface area contributed by atoms with Gasteiger partial charge in [-0.1, -0.05) is 6.92 Å². The second-order valence-electron chi connectivity index (χ2n) is 5.51. The second-order valence-corrected chi connectivity index (χ2v) is 7.09. The third-order valence-electron chi connectivity index (χ3n) is 3.75. The van der Waals surface area contributed by atoms with Gasteiger partial charge >= 0.3 is 0 Å². The van der Waals surface area contributed by atoms with Crippen LogP contribution in [0.2, 0.25) is 0 Å². The van der Waals surface area contributed by atoms with Crippen LogP contribution in [-0.2, 0) is 6.54 Å². The summed E-state index contributed by atoms with van der Waals surface area (Å²) in [5.41, 5.74) is 1.20. The minimum Gasteiger partial charge on any atom is -0.355 e. The fourth-order valence-corrected chi connectivity index (χ4v) is 3.87. The zero-order chi connectivity index (χ0) is 15.1. The molecule has 2 atom stereocenters. The van der Waals surface area contributed by atoms with E-state index in [0.717, 1.165) is 24.3 Å². The van der Waals surface area contributed by atoms with Crippen molar-refractivity contribution in [3.63, 3.8) is 0 Å². The van der Waals surface area contributed by atoms with Crippen LogP contribution in [0.1, 0.15) is 31.7 Å². The van der Waals surface area contributed by atoms with Gasteiger partial charge in [0, 0.05) is 31.1 Å². The van der Waals surface area contributed by atoms with Crippen molar-refractivity contribution in [3.8, 4) is 0 Å². The van der Waals surface area contributed by atoms with Crippen LogP contribution in [0.4, 0.5) is 0 Å². The van der Waals surface area contributed by atoms with Crippen LogP contribution in [0.25, 0.3) is 0 Å². The summed E-state index contributed by atoms with van der Waals surface area (Å²) in [7, 11) is 1.83. The molecule has 0 aliphatic heterocycles. The largest absolute Gasteiger partial charge is 0.355 e. The minimum absolute atomic E-state index is 0. The van der Waals surface area contributed by atoms with E-state index >= 15 is 0 Å². The lowest BCUT2D eigenvalue weighted by Gasteiger charge is -2.17. The Bertz CT molecular complexity index is 463. The van der Waals surface area contributed by atoms with Crippen LogP contribution in [0.15, 0.2) is 17.4 Å². The molecular weight excluding hydrogens is 409 g/mol. The van der Waals surface area contributed by atoms with Crippen LogP contribution in [0, 0.1) is 6.92 Å². The van der Waals surface area contributed by atoms with Gasteiger partial charge in [-0.3, -0.25) is 9.67 Å². The summed E-state index contributed by atoms with van der Waals surface area (Å²) < 4.78 is 1.96. The highest BCUT2D eigenvalue weighted by Crippen LogP contribution is 2.29. The van der Waals surface area contributed by atoms with Gasteiger partial charge in [-0.05, 0) is 37.5 Å². The molecule has 1 saturated carbocycles. The van der Waals surface area contributed by atoms with E-state index < -0.39 is 0 Å². The average molecular weight is 437 g/mol. The first-order valence-electron chi connectivity index (χ1n) is 7.79. The maximum absolute atomic E-state index is 4.32. The van der Waals surface area contributed by atoms with Crippen molar-refractivity contribution in [3.05, 3.63) is 18.0 Å². The van der Waals surface area contributed by atoms with Crippen molar-refractivity contribution in [2.24, 2.45) is 4.99 Å². The summed E-state index contributed by atoms with van der Waals surface area (Å²) in [6.07, 6.45) is 7.76. The Labute approximate surface area is 155 Å². The fraction of sp³-hybridized carbons (Fsp3) is 0.733. The Morgan fingerprint density at radius 2 is 2.32 bits per heavy atom. The second kappa shape index (κ2) is 10.4. The van der Waals surface area contributed by atoms with Gasteiger partial charge in [0.15, 0.2) is 5.96 Å². The highest BCUT2D eigenvalue weighted by Gasteiger charge is 2.24. The molecule has 7 heteroatoms. The molecule has 1 heterocycles. The Kier molecular flexibility index (Phi) is 9.23. The van der Waals surface area contributed by atoms with Crippen molar-refractivity contribution >= 4 is 41.7 Å². The molecule has 0 aromatic carbocycles. The molecule has 0 spiro atoms. The summed E-state index contributed by atoms with van der Waals surface area (Å²) in [6.45, 7) is 5.99. The number of aromatic nitrogens is 2. The number of guanidine groups is 1. The van der Waals surface area contributed by atoms with Gasteiger partial charge in [0.25, 0.3) is 0 Å². The molecule has 22 heavy (non-hydrogen) atoms. The van der Waals surface area contributed by atoms with Crippen LogP contribution >= 0.6 is 35.7 Å². The van der Waals surface area contributed by atoms with E-state index in [0.29, 0.717) is 6.04 Å². The van der Waals surface area contributed by atoms with E-state index in [1.54, 1.807) is 0 Å². The lowest BCUT2D eigenvalue weighted by molar-refractivity contribution is 0.579. The lowest BCUT2D eigenvalue weighted by Crippen LogP contribution is -2.43. The van der Waals surface area contributed by atoms with E-state index in [1.807, 2.05) is 17.9 Å². The molecule has 2 rings (SSSR count). The predicted molar refractivity (Wildman–Crippen MR) is 106 cm³/mol. The molecule has 0 amide bonds. The van der Waals surface area contributed by atoms with Gasteiger partial charge in [0.05, 0.1) is 12.7 Å². The summed E-state index contributed by atoms with van der Waals surface area (Å²) in [5, 5.41) is 12.0. The molecule has 2 unspecified atom stereocenters. The van der Waals surface area contributed by atoms with Gasteiger partial charge in [-0.2, -0.15) is 16.9 Å². The number of rotatable bonds is 6. The normalized spacial score (nSPS) is 21.5. The first-order chi connectivity index (χ1) is 10.2. The summed E-state index contributed by atoms with van der Waals surface area (Å²) >= 11 is 2.08. The summed E-state index contributed by atoms with van der Waals surface area (Å²) in [4.78, 5) is 4.32. The highest BCUT2D eigenvalue weighted by atomic mass is 127. The number of hydrogen-bond acceptors (Lipinski definition) is 3. The van der Waals surface area contributed by atoms with Crippen LogP contribution in [0.5, 0.6) is 0 Å². The standard InChI is InChI=1S/C15H27N5S.HI/c1-4-21-14-6-5-13(9-14)19-15(16-3)17-7-8-20-11-12(2)10-18-20;/h10-11,13-14H,4-9H2,1-3H3,(H2,16,17,19);1H. The average Bonchev–Trinajstić information content (AvgIpc) is 3.07. The number of nitrogens with zero attached hydrogens (tertiary/aromatic N) is 3. The molecule has 1 aliphatic carbocycles. The third-order valence-corrected chi connectivity index (χ3v) is 4.98. The first kappa shape index (κ1) is 19.6. The summed E-state index contributed by atoms with van der Waals surface area (Å²) in [6, 6.07) is 0.562. The van der Waals surface area contributed by atoms with Crippen LogP contribution in [-0.4, -0.2) is 46.4 Å². The number of halogens is 1. The van der Waals surface area contributed by atoms with Crippen molar-refractivity contribution in [2.75, 3.05) is 19.3 Å². The minimum atomic E-state index is 0. The van der Waals surface area contributed by atoms with E-state index in [-0.39, 0.29) is 24.0 Å². The van der Waals surface area contributed by atoms with Crippen LogP contribution in [0.3, 0.4) is 0 Å². The van der Waals surface area contributed by atoms with Gasteiger partial charge < -0.3 is 10.6 Å². The molecule has 1 aromatic rings. The highest BCUT2D eigenvalue weighted by molar-refractivity contribution is 14.0. The number of nitrogens with one attached hydrogen (secondary N) is 2. The molecule has 126 valence electrons. The smallest absolute Gasteiger partial charge is 0.191 e. The molecule has 0 bridgehead atoms. The molecule has 2 N–H and O–H groups in total. The molecule has 0 radical (unpaired) electrons. The fourth-order valence-electron chi connectivity index (χ4n) is 2.72. The van der Waals surface area contributed by atoms with Crippen molar-refractivity contribution in [2.45, 2.75) is 50.9 Å². The Balaban J connectivity index is 0.00000242. The zero-order valence-corrected chi connectivity index (χ0v) is 16.9. The molecular formula is C15H28IN5S. The molecule has 1 aliphatic rings. The van der Waals surface area contributed by atoms with Gasteiger partial charge in [0.1, 0.15) is 0 Å². The van der Waals surface area contributed by atoms with Gasteiger partial charge in [0.2, 0.25) is 0 Å². The Morgan fingerprint density at radius 1 is 1.50 bits per heavy atom. The van der Waals surface area contributed by atoms with E-state index in [4.69, 9.17) is 0 Å². The van der Waals surface area contributed by atoms with E-state index in [9.17, 15) is 0 Å². The SMILES string of the molecule is CCSC1CCC(NC(=NC)NCCn2cc(C)cn2)C1.I. The third kappa shape index (κ3) is 6.36. The lowest BCUT2D eigenvalue weighted by atomic mass is 10.2. The quantitative estimate of drug-likeness (QED) is 0.408. The predicted octanol–water partition coefficient (Wildman–Crippen LogP) is 2.65. The molecule has 0 saturated heterocycles. The molecule has 5 nitrogen and oxygen atoms in total. The molecule has 1 fully saturated rings. The van der Waals surface area contributed by atoms with Gasteiger partial charge in [-0.15, -0.1) is 24.0 Å². The van der Waals surface area contributed by atoms with Crippen molar-refractivity contribution < 1.29 is 0 Å². The number of aliphatic imine (C=N–C) groups is 1. The van der Waals surface area contributed by atoms with Crippen LogP contribution < -0.4 is 10.6 Å². The van der Waals surface area contributed by atoms with E-state index in [1.165, 1.54) is 30.6 Å². The zero-order valence-electron chi connectivity index (χ0n) is 13.7. The molecule has 1 aromatic heterocycles. The topological polar surface area (TPSA) is 54.2 Å². The Hall–Kier alpha value is -0.440. The number of aryl methyl sites for hydroxylation is 1. The summed E-state index contributed by atoms with van der Waals surface area (Å²) in [5.74, 6) is 2.12. The van der Waals surface area contributed by atoms with E-state index in [2.05, 4.69) is 52.5 Å². The maximum atomic E-state index is 4.32. The monoisotopic (exact) mass is 437 g/mol. The number of hydrogen-bond donors (Lipinski definition) is 2. The maximum Gasteiger partial charge on any atom is 0.191 e. The number of thioether (sulfide) groups is 1. The van der Waals surface area contributed by atoms with Crippen molar-refractivity contribution in [1.82, 2.24) is 20.4 Å². The first-order valence-corrected chi connectivity index (χ1v) is 8.84.